The Kier molecular flexibility index (Phi) is 6.57. The molecule has 32 heavy (non-hydrogen) atoms. The van der Waals surface area contributed by atoms with Crippen LogP contribution in [0, 0.1) is 11.3 Å². The summed E-state index contributed by atoms with van der Waals surface area (Å²) in [5, 5.41) is 5.56. The van der Waals surface area contributed by atoms with Gasteiger partial charge in [-0.15, -0.1) is 0 Å². The Bertz CT molecular complexity index is 874. The predicted octanol–water partition coefficient (Wildman–Crippen LogP) is 3.18. The number of carbonyl (C=O) groups excluding carboxylic acids is 3. The number of rotatable bonds is 6. The molecule has 1 aliphatic carbocycles. The molecule has 176 valence electrons. The fourth-order valence-corrected chi connectivity index (χ4v) is 4.63. The summed E-state index contributed by atoms with van der Waals surface area (Å²) in [6, 6.07) is 2.64. The lowest BCUT2D eigenvalue weighted by molar-refractivity contribution is -0.135. The molecule has 1 aliphatic heterocycles. The van der Waals surface area contributed by atoms with E-state index in [0.717, 1.165) is 17.7 Å². The molecule has 1 spiro atoms. The van der Waals surface area contributed by atoms with Crippen LogP contribution in [0.5, 0.6) is 17.2 Å². The van der Waals surface area contributed by atoms with E-state index in [4.69, 9.17) is 14.2 Å². The minimum absolute atomic E-state index is 0.160. The zero-order valence-corrected chi connectivity index (χ0v) is 19.7. The van der Waals surface area contributed by atoms with Crippen LogP contribution in [0.25, 0.3) is 0 Å². The fourth-order valence-electron chi connectivity index (χ4n) is 4.63. The van der Waals surface area contributed by atoms with Crippen molar-refractivity contribution in [2.45, 2.75) is 52.0 Å². The molecule has 0 unspecified atom stereocenters. The van der Waals surface area contributed by atoms with Gasteiger partial charge in [0, 0.05) is 17.8 Å². The first-order valence-electron chi connectivity index (χ1n) is 10.8. The van der Waals surface area contributed by atoms with Crippen molar-refractivity contribution in [2.24, 2.45) is 11.3 Å². The molecule has 2 aliphatic rings. The monoisotopic (exact) mass is 447 g/mol. The van der Waals surface area contributed by atoms with Crippen LogP contribution in [0.3, 0.4) is 0 Å². The van der Waals surface area contributed by atoms with Gasteiger partial charge in [0.2, 0.25) is 11.7 Å². The summed E-state index contributed by atoms with van der Waals surface area (Å²) >= 11 is 0. The molecule has 4 amide bonds. The van der Waals surface area contributed by atoms with Crippen molar-refractivity contribution in [2.75, 3.05) is 33.2 Å². The Morgan fingerprint density at radius 3 is 2.12 bits per heavy atom. The van der Waals surface area contributed by atoms with Gasteiger partial charge in [-0.1, -0.05) is 20.8 Å². The molecule has 0 atom stereocenters. The van der Waals surface area contributed by atoms with Gasteiger partial charge in [-0.3, -0.25) is 14.5 Å². The van der Waals surface area contributed by atoms with Crippen LogP contribution in [0.1, 0.15) is 46.5 Å². The molecule has 2 N–H and O–H groups in total. The van der Waals surface area contributed by atoms with Crippen molar-refractivity contribution < 1.29 is 28.6 Å². The molecule has 3 rings (SSSR count). The number of carbonyl (C=O) groups is 3. The van der Waals surface area contributed by atoms with E-state index in [1.54, 1.807) is 12.1 Å². The number of urea groups is 1. The highest BCUT2D eigenvalue weighted by Crippen LogP contribution is 2.43. The smallest absolute Gasteiger partial charge is 0.325 e. The number of methoxy groups -OCH3 is 3. The Morgan fingerprint density at radius 1 is 1.09 bits per heavy atom. The van der Waals surface area contributed by atoms with E-state index in [2.05, 4.69) is 31.4 Å². The van der Waals surface area contributed by atoms with Gasteiger partial charge >= 0.3 is 6.03 Å². The quantitative estimate of drug-likeness (QED) is 0.649. The van der Waals surface area contributed by atoms with Gasteiger partial charge in [0.1, 0.15) is 12.1 Å². The van der Waals surface area contributed by atoms with E-state index in [9.17, 15) is 14.4 Å². The molecule has 0 aromatic heterocycles. The van der Waals surface area contributed by atoms with Gasteiger partial charge in [0.05, 0.1) is 21.3 Å². The third-order valence-corrected chi connectivity index (χ3v) is 6.56. The van der Waals surface area contributed by atoms with Gasteiger partial charge in [-0.25, -0.2) is 4.79 Å². The number of amides is 4. The molecule has 1 saturated carbocycles. The average Bonchev–Trinajstić information content (AvgIpc) is 2.96. The molecule has 1 saturated heterocycles. The van der Waals surface area contributed by atoms with Crippen molar-refractivity contribution in [3.8, 4) is 17.2 Å². The Morgan fingerprint density at radius 2 is 1.66 bits per heavy atom. The number of hydrogen-bond donors (Lipinski definition) is 2. The van der Waals surface area contributed by atoms with Crippen LogP contribution in [0.15, 0.2) is 12.1 Å². The number of imide groups is 1. The summed E-state index contributed by atoms with van der Waals surface area (Å²) in [6.45, 7) is 6.23. The Hall–Kier alpha value is -2.97. The number of ether oxygens (including phenoxy) is 3. The largest absolute Gasteiger partial charge is 0.493 e. The summed E-state index contributed by atoms with van der Waals surface area (Å²) in [4.78, 5) is 39.4. The topological polar surface area (TPSA) is 106 Å². The average molecular weight is 448 g/mol. The molecule has 9 nitrogen and oxygen atoms in total. The molecule has 1 aromatic rings. The molecular weight excluding hydrogens is 414 g/mol. The van der Waals surface area contributed by atoms with Gasteiger partial charge in [-0.2, -0.15) is 0 Å². The SMILES string of the molecule is COc1cc(NC(=O)CN2C(=O)NC3(CCC(C(C)(C)C)CC3)C2=O)cc(OC)c1OC. The second kappa shape index (κ2) is 8.88. The highest BCUT2D eigenvalue weighted by molar-refractivity contribution is 6.10. The second-order valence-electron chi connectivity index (χ2n) is 9.51. The Labute approximate surface area is 188 Å². The van der Waals surface area contributed by atoms with Crippen molar-refractivity contribution >= 4 is 23.5 Å². The van der Waals surface area contributed by atoms with Gasteiger partial charge in [-0.05, 0) is 37.0 Å². The molecule has 0 radical (unpaired) electrons. The van der Waals surface area contributed by atoms with Crippen molar-refractivity contribution in [3.05, 3.63) is 12.1 Å². The maximum atomic E-state index is 13.1. The van der Waals surface area contributed by atoms with Crippen LogP contribution in [0.4, 0.5) is 10.5 Å². The first-order valence-corrected chi connectivity index (χ1v) is 10.8. The number of nitrogens with one attached hydrogen (secondary N) is 2. The predicted molar refractivity (Wildman–Crippen MR) is 119 cm³/mol. The molecule has 9 heteroatoms. The van der Waals surface area contributed by atoms with Crippen LogP contribution in [0.2, 0.25) is 0 Å². The summed E-state index contributed by atoms with van der Waals surface area (Å²) in [7, 11) is 4.44. The second-order valence-corrected chi connectivity index (χ2v) is 9.51. The third kappa shape index (κ3) is 4.47. The molecular formula is C23H33N3O6. The van der Waals surface area contributed by atoms with E-state index in [1.807, 2.05) is 0 Å². The third-order valence-electron chi connectivity index (χ3n) is 6.56. The zero-order chi connectivity index (χ0) is 23.7. The van der Waals surface area contributed by atoms with Crippen molar-refractivity contribution in [3.63, 3.8) is 0 Å². The lowest BCUT2D eigenvalue weighted by atomic mass is 9.67. The summed E-state index contributed by atoms with van der Waals surface area (Å²) in [5.74, 6) is 0.835. The van der Waals surface area contributed by atoms with Gasteiger partial charge in [0.25, 0.3) is 5.91 Å². The standard InChI is InChI=1S/C23H33N3O6/c1-22(2,3)14-7-9-23(10-8-14)20(28)26(21(29)25-23)13-18(27)24-15-11-16(30-4)19(32-6)17(12-15)31-5/h11-12,14H,7-10,13H2,1-6H3,(H,24,27)(H,25,29). The lowest BCUT2D eigenvalue weighted by Gasteiger charge is -2.40. The number of hydrogen-bond acceptors (Lipinski definition) is 6. The van der Waals surface area contributed by atoms with Crippen LogP contribution >= 0.6 is 0 Å². The number of benzene rings is 1. The van der Waals surface area contributed by atoms with E-state index >= 15 is 0 Å². The van der Waals surface area contributed by atoms with E-state index in [0.29, 0.717) is 41.7 Å². The van der Waals surface area contributed by atoms with Crippen LogP contribution in [-0.4, -0.2) is 56.2 Å². The maximum absolute atomic E-state index is 13.1. The maximum Gasteiger partial charge on any atom is 0.325 e. The van der Waals surface area contributed by atoms with Gasteiger partial charge < -0.3 is 24.8 Å². The van der Waals surface area contributed by atoms with E-state index in [1.165, 1.54) is 21.3 Å². The minimum atomic E-state index is -0.897. The summed E-state index contributed by atoms with van der Waals surface area (Å²) in [6.07, 6.45) is 2.90. The highest BCUT2D eigenvalue weighted by atomic mass is 16.5. The molecule has 2 fully saturated rings. The molecule has 1 aromatic carbocycles. The normalized spacial score (nSPS) is 23.2. The van der Waals surface area contributed by atoms with Crippen molar-refractivity contribution in [1.29, 1.82) is 0 Å². The first kappa shape index (κ1) is 23.7. The van der Waals surface area contributed by atoms with Gasteiger partial charge in [0.15, 0.2) is 11.5 Å². The van der Waals surface area contributed by atoms with Crippen LogP contribution < -0.4 is 24.8 Å². The summed E-state index contributed by atoms with van der Waals surface area (Å²) in [5.41, 5.74) is -0.337. The number of nitrogens with zero attached hydrogens (tertiary/aromatic N) is 1. The molecule has 0 bridgehead atoms. The minimum Gasteiger partial charge on any atom is -0.493 e. The lowest BCUT2D eigenvalue weighted by Crippen LogP contribution is -2.50. The van der Waals surface area contributed by atoms with E-state index < -0.39 is 17.5 Å². The molecule has 1 heterocycles. The zero-order valence-electron chi connectivity index (χ0n) is 19.7. The van der Waals surface area contributed by atoms with Crippen LogP contribution in [-0.2, 0) is 9.59 Å². The fraction of sp³-hybridized carbons (Fsp3) is 0.609. The Balaban J connectivity index is 1.69. The number of anilines is 1. The summed E-state index contributed by atoms with van der Waals surface area (Å²) < 4.78 is 15.9. The first-order chi connectivity index (χ1) is 15.0. The van der Waals surface area contributed by atoms with Crippen molar-refractivity contribution in [1.82, 2.24) is 10.2 Å². The highest BCUT2D eigenvalue weighted by Gasteiger charge is 2.53. The van der Waals surface area contributed by atoms with E-state index in [-0.39, 0.29) is 17.9 Å².